The minimum Gasteiger partial charge on any atom is -0.321 e. The summed E-state index contributed by atoms with van der Waals surface area (Å²) in [6.07, 6.45) is 0. The number of nitrogens with two attached hydrogens (primary N) is 1. The van der Waals surface area contributed by atoms with Gasteiger partial charge in [-0.05, 0) is 35.4 Å². The Kier molecular flexibility index (Phi) is 12.2. The predicted octanol–water partition coefficient (Wildman–Crippen LogP) is -1.50. The van der Waals surface area contributed by atoms with E-state index in [4.69, 9.17) is 23.8 Å². The number of aryl methyl sites for hydroxylation is 1. The van der Waals surface area contributed by atoms with Crippen molar-refractivity contribution in [2.24, 2.45) is 16.6 Å². The summed E-state index contributed by atoms with van der Waals surface area (Å²) in [7, 11) is -11.9. The summed E-state index contributed by atoms with van der Waals surface area (Å²) in [6.45, 7) is 8.45. The lowest BCUT2D eigenvalue weighted by Crippen LogP contribution is -2.68. The number of hydrogen-bond donors (Lipinski definition) is 2. The molecule has 2 aromatic carbocycles. The highest BCUT2D eigenvalue weighted by atomic mass is 35.7. The Bertz CT molecular complexity index is 1970. The average Bonchev–Trinajstić information content (AvgIpc) is 3.32. The molecule has 3 N–H and O–H groups in total. The lowest BCUT2D eigenvalue weighted by atomic mass is 9.97. The van der Waals surface area contributed by atoms with Crippen molar-refractivity contribution in [1.82, 2.24) is 9.78 Å². The van der Waals surface area contributed by atoms with Gasteiger partial charge in [0, 0.05) is 36.7 Å². The number of halogens is 1. The van der Waals surface area contributed by atoms with Crippen LogP contribution in [0.2, 0.25) is 0 Å². The van der Waals surface area contributed by atoms with Crippen molar-refractivity contribution in [3.63, 3.8) is 0 Å². The molecule has 0 saturated heterocycles. The van der Waals surface area contributed by atoms with Gasteiger partial charge in [-0.2, -0.15) is 13.0 Å². The number of anilines is 1. The highest BCUT2D eigenvalue weighted by Crippen LogP contribution is 2.26. The fraction of sp³-hybridized carbons (Fsp3) is 0.286. The highest BCUT2D eigenvalue weighted by molar-refractivity contribution is 7.91. The molecule has 0 radical (unpaired) electrons. The van der Waals surface area contributed by atoms with Crippen molar-refractivity contribution >= 4 is 43.0 Å². The Morgan fingerprint density at radius 1 is 0.936 bits per heavy atom. The maximum atomic E-state index is 13.2. The maximum Gasteiger partial charge on any atom is 0.290 e. The van der Waals surface area contributed by atoms with Crippen LogP contribution < -0.4 is 38.5 Å². The van der Waals surface area contributed by atoms with E-state index in [-0.39, 0.29) is 34.0 Å². The van der Waals surface area contributed by atoms with Gasteiger partial charge in [0.15, 0.2) is 11.4 Å². The molecule has 47 heavy (non-hydrogen) atoms. The van der Waals surface area contributed by atoms with E-state index < -0.39 is 34.6 Å². The van der Waals surface area contributed by atoms with Crippen molar-refractivity contribution in [2.45, 2.75) is 55.3 Å². The van der Waals surface area contributed by atoms with E-state index in [2.05, 4.69) is 66.8 Å². The molecular formula is C28H33ClN6O9S3. The second-order valence-electron chi connectivity index (χ2n) is 10.7. The van der Waals surface area contributed by atoms with Crippen LogP contribution >= 0.6 is 11.3 Å². The summed E-state index contributed by atoms with van der Waals surface area (Å²) in [5, 5.41) is 11.6. The zero-order valence-electron chi connectivity index (χ0n) is 25.9. The number of pyridine rings is 1. The number of primary sulfonamides is 1. The lowest BCUT2D eigenvalue weighted by Gasteiger charge is -2.17. The van der Waals surface area contributed by atoms with Crippen LogP contribution in [0, 0.1) is 10.2 Å². The minimum absolute atomic E-state index is 0.0831. The fourth-order valence-electron chi connectivity index (χ4n) is 4.33. The van der Waals surface area contributed by atoms with E-state index in [0.717, 1.165) is 27.2 Å². The zero-order valence-corrected chi connectivity index (χ0v) is 29.1. The first-order valence-corrected chi connectivity index (χ1v) is 18.7. The molecule has 2 aromatic heterocycles. The predicted molar refractivity (Wildman–Crippen MR) is 161 cm³/mol. The highest BCUT2D eigenvalue weighted by Gasteiger charge is 2.26. The number of aromatic nitrogens is 3. The van der Waals surface area contributed by atoms with Crippen LogP contribution in [0.4, 0.5) is 5.69 Å². The van der Waals surface area contributed by atoms with Crippen molar-refractivity contribution in [3.8, 4) is 11.1 Å². The van der Waals surface area contributed by atoms with Gasteiger partial charge in [0.1, 0.15) is 0 Å². The van der Waals surface area contributed by atoms with Gasteiger partial charge in [0.05, 0.1) is 4.90 Å². The third kappa shape index (κ3) is 11.0. The van der Waals surface area contributed by atoms with Crippen molar-refractivity contribution in [3.05, 3.63) is 82.9 Å². The molecule has 0 aliphatic carbocycles. The second kappa shape index (κ2) is 15.1. The fourth-order valence-corrected chi connectivity index (χ4v) is 7.10. The summed E-state index contributed by atoms with van der Waals surface area (Å²) < 4.78 is 89.1. The van der Waals surface area contributed by atoms with Crippen molar-refractivity contribution in [1.29, 1.82) is 0 Å². The standard InChI is InChI=1S/C28H32N6O5S3.ClHO4/c1-18(2)24-15-21(20-9-7-6-8-10-20)16-25(19(3)4)34(24)17-26(35)30-22-11-13-23(14-12-22)42(38,39)32-27-33(5)31-28(40-27)41(29,36)37;2-1(3,4)5/h6-16,18-19H,17H2,1-5H3,(H2-,29,30,35,36,37);(H,2,3,4,5). The van der Waals surface area contributed by atoms with E-state index in [1.54, 1.807) is 0 Å². The lowest BCUT2D eigenvalue weighted by molar-refractivity contribution is -2.00. The Morgan fingerprint density at radius 3 is 1.89 bits per heavy atom. The largest absolute Gasteiger partial charge is 0.321 e. The number of amides is 1. The van der Waals surface area contributed by atoms with Crippen LogP contribution in [0.25, 0.3) is 11.1 Å². The SMILES string of the molecule is CC(C)c1cc(-c2ccccc2)cc(C(C)C)[n+]1CC(=O)Nc1ccc(S(=O)(=O)N=c2sc(S(N)(=O)=O)nn2C)cc1.[O-][Cl+3]([O-])([O-])[O-]. The first kappa shape index (κ1) is 37.9. The normalized spacial score (nSPS) is 12.6. The molecule has 15 nitrogen and oxygen atoms in total. The molecule has 254 valence electrons. The third-order valence-electron chi connectivity index (χ3n) is 6.39. The summed E-state index contributed by atoms with van der Waals surface area (Å²) in [5.74, 6) is 0.0611. The molecule has 0 aliphatic rings. The molecule has 1 amide bonds. The third-order valence-corrected chi connectivity index (χ3v) is 10.1. The van der Waals surface area contributed by atoms with Gasteiger partial charge in [0.25, 0.3) is 26.0 Å². The zero-order chi connectivity index (χ0) is 35.3. The molecule has 0 fully saturated rings. The van der Waals surface area contributed by atoms with Crippen LogP contribution in [-0.4, -0.2) is 32.5 Å². The Morgan fingerprint density at radius 2 is 1.45 bits per heavy atom. The summed E-state index contributed by atoms with van der Waals surface area (Å²) in [6, 6.07) is 19.9. The van der Waals surface area contributed by atoms with Gasteiger partial charge >= 0.3 is 0 Å². The average molecular weight is 729 g/mol. The summed E-state index contributed by atoms with van der Waals surface area (Å²) >= 11 is 0.540. The number of rotatable bonds is 9. The van der Waals surface area contributed by atoms with E-state index in [9.17, 15) is 21.6 Å². The van der Waals surface area contributed by atoms with Crippen LogP contribution in [-0.2, 0) is 38.4 Å². The van der Waals surface area contributed by atoms with Crippen molar-refractivity contribution < 1.29 is 55.1 Å². The Labute approximate surface area is 278 Å². The molecule has 19 heteroatoms. The molecule has 4 aromatic rings. The smallest absolute Gasteiger partial charge is 0.290 e. The van der Waals surface area contributed by atoms with Crippen LogP contribution in [0.15, 0.2) is 80.4 Å². The molecule has 0 bridgehead atoms. The van der Waals surface area contributed by atoms with Gasteiger partial charge in [-0.15, -0.1) is 19.7 Å². The van der Waals surface area contributed by atoms with Gasteiger partial charge < -0.3 is 5.32 Å². The number of carbonyl (C=O) groups is 1. The molecule has 0 unspecified atom stereocenters. The van der Waals surface area contributed by atoms with E-state index in [1.807, 2.05) is 22.8 Å². The van der Waals surface area contributed by atoms with Gasteiger partial charge in [-0.1, -0.05) is 69.4 Å². The van der Waals surface area contributed by atoms with Gasteiger partial charge in [-0.3, -0.25) is 4.79 Å². The molecular weight excluding hydrogens is 696 g/mol. The number of hydrogen-bond acceptors (Lipinski definition) is 11. The maximum absolute atomic E-state index is 13.2. The van der Waals surface area contributed by atoms with Gasteiger partial charge in [0.2, 0.25) is 15.7 Å². The number of nitrogens with one attached hydrogen (secondary N) is 1. The van der Waals surface area contributed by atoms with E-state index >= 15 is 0 Å². The number of carbonyl (C=O) groups excluding carboxylic acids is 1. The quantitative estimate of drug-likeness (QED) is 0.189. The number of benzene rings is 2. The number of nitrogens with zero attached hydrogens (tertiary/aromatic N) is 4. The second-order valence-corrected chi connectivity index (χ2v) is 15.7. The first-order valence-electron chi connectivity index (χ1n) is 13.7. The Hall–Kier alpha value is -3.59. The van der Waals surface area contributed by atoms with Crippen LogP contribution in [0.1, 0.15) is 50.9 Å². The molecule has 0 aliphatic heterocycles. The summed E-state index contributed by atoms with van der Waals surface area (Å²) in [4.78, 5) is 12.9. The first-order chi connectivity index (χ1) is 21.7. The molecule has 0 atom stereocenters. The van der Waals surface area contributed by atoms with E-state index in [1.165, 1.54) is 31.3 Å². The van der Waals surface area contributed by atoms with Crippen LogP contribution in [0.5, 0.6) is 0 Å². The van der Waals surface area contributed by atoms with E-state index in [0.29, 0.717) is 17.0 Å². The molecule has 0 spiro atoms. The van der Waals surface area contributed by atoms with Crippen molar-refractivity contribution in [2.75, 3.05) is 5.32 Å². The number of sulfonamides is 2. The molecule has 2 heterocycles. The molecule has 4 rings (SSSR count). The summed E-state index contributed by atoms with van der Waals surface area (Å²) in [5.41, 5.74) is 4.67. The molecule has 0 saturated carbocycles. The Balaban J connectivity index is 0.00000111. The van der Waals surface area contributed by atoms with Crippen LogP contribution in [0.3, 0.4) is 0 Å². The monoisotopic (exact) mass is 728 g/mol. The topological polar surface area (TPSA) is 250 Å². The minimum atomic E-state index is -4.94. The van der Waals surface area contributed by atoms with Gasteiger partial charge in [-0.25, -0.2) is 36.9 Å².